The highest BCUT2D eigenvalue weighted by molar-refractivity contribution is 5.82. The van der Waals surface area contributed by atoms with Crippen LogP contribution in [0.25, 0.3) is 0 Å². The van der Waals surface area contributed by atoms with E-state index in [0.29, 0.717) is 25.2 Å². The average Bonchev–Trinajstić information content (AvgIpc) is 2.02. The first-order valence-electron chi connectivity index (χ1n) is 4.97. The first-order chi connectivity index (χ1) is 5.95. The van der Waals surface area contributed by atoms with Crippen molar-refractivity contribution < 1.29 is 9.59 Å². The topological polar surface area (TPSA) is 34.1 Å². The number of hydrogen-bond donors (Lipinski definition) is 0. The van der Waals surface area contributed by atoms with Crippen molar-refractivity contribution in [3.05, 3.63) is 0 Å². The van der Waals surface area contributed by atoms with Gasteiger partial charge in [0.15, 0.2) is 0 Å². The van der Waals surface area contributed by atoms with Crippen molar-refractivity contribution in [2.45, 2.75) is 47.0 Å². The summed E-state index contributed by atoms with van der Waals surface area (Å²) < 4.78 is 0. The molecule has 1 atom stereocenters. The summed E-state index contributed by atoms with van der Waals surface area (Å²) in [5, 5.41) is 0. The molecule has 0 aliphatic heterocycles. The van der Waals surface area contributed by atoms with Gasteiger partial charge in [0.05, 0.1) is 0 Å². The largest absolute Gasteiger partial charge is 0.300 e. The normalized spacial score (nSPS) is 13.0. The van der Waals surface area contributed by atoms with E-state index in [1.807, 2.05) is 20.8 Å². The van der Waals surface area contributed by atoms with Gasteiger partial charge in [-0.15, -0.1) is 0 Å². The molecule has 0 N–H and O–H groups in total. The number of hydrogen-bond acceptors (Lipinski definition) is 2. The molecule has 0 saturated heterocycles. The lowest BCUT2D eigenvalue weighted by atomic mass is 9.91. The maximum absolute atomic E-state index is 11.5. The third-order valence-electron chi connectivity index (χ3n) is 2.46. The molecule has 0 amide bonds. The third kappa shape index (κ3) is 5.56. The minimum Gasteiger partial charge on any atom is -0.300 e. The van der Waals surface area contributed by atoms with Crippen LogP contribution in [0.15, 0.2) is 0 Å². The molecule has 0 radical (unpaired) electrons. The van der Waals surface area contributed by atoms with Gasteiger partial charge in [0, 0.05) is 18.8 Å². The molecule has 2 nitrogen and oxygen atoms in total. The standard InChI is InChI=1S/C11H20O2/c1-8(2)10(4)11(13)7-5-6-9(3)12/h8,10H,5-7H2,1-4H3. The molecule has 0 spiro atoms. The monoisotopic (exact) mass is 184 g/mol. The highest BCUT2D eigenvalue weighted by Gasteiger charge is 2.15. The van der Waals surface area contributed by atoms with Gasteiger partial charge in [-0.3, -0.25) is 4.79 Å². The zero-order chi connectivity index (χ0) is 10.4. The first kappa shape index (κ1) is 12.3. The molecule has 2 heteroatoms. The summed E-state index contributed by atoms with van der Waals surface area (Å²) in [6.07, 6.45) is 1.81. The summed E-state index contributed by atoms with van der Waals surface area (Å²) in [4.78, 5) is 22.1. The molecule has 0 aromatic rings. The Labute approximate surface area is 80.7 Å². The van der Waals surface area contributed by atoms with Crippen LogP contribution in [0.5, 0.6) is 0 Å². The van der Waals surface area contributed by atoms with E-state index >= 15 is 0 Å². The summed E-state index contributed by atoms with van der Waals surface area (Å²) in [6, 6.07) is 0. The van der Waals surface area contributed by atoms with E-state index < -0.39 is 0 Å². The minimum absolute atomic E-state index is 0.131. The molecule has 0 aliphatic carbocycles. The summed E-state index contributed by atoms with van der Waals surface area (Å²) in [7, 11) is 0. The Morgan fingerprint density at radius 1 is 1.08 bits per heavy atom. The highest BCUT2D eigenvalue weighted by atomic mass is 16.1. The Bertz CT molecular complexity index is 183. The van der Waals surface area contributed by atoms with Crippen molar-refractivity contribution in [1.29, 1.82) is 0 Å². The van der Waals surface area contributed by atoms with E-state index in [-0.39, 0.29) is 17.5 Å². The van der Waals surface area contributed by atoms with Crippen LogP contribution in [-0.2, 0) is 9.59 Å². The van der Waals surface area contributed by atoms with Crippen molar-refractivity contribution in [2.24, 2.45) is 11.8 Å². The smallest absolute Gasteiger partial charge is 0.135 e. The highest BCUT2D eigenvalue weighted by Crippen LogP contribution is 2.14. The van der Waals surface area contributed by atoms with Crippen LogP contribution < -0.4 is 0 Å². The Hall–Kier alpha value is -0.660. The number of carbonyl (C=O) groups is 2. The van der Waals surface area contributed by atoms with E-state index in [0.717, 1.165) is 0 Å². The minimum atomic E-state index is 0.131. The molecule has 0 rings (SSSR count). The number of carbonyl (C=O) groups excluding carboxylic acids is 2. The summed E-state index contributed by atoms with van der Waals surface area (Å²) in [6.45, 7) is 7.62. The zero-order valence-electron chi connectivity index (χ0n) is 9.09. The lowest BCUT2D eigenvalue weighted by Gasteiger charge is -2.13. The summed E-state index contributed by atoms with van der Waals surface area (Å²) in [5.74, 6) is 0.998. The van der Waals surface area contributed by atoms with Gasteiger partial charge in [-0.2, -0.15) is 0 Å². The molecule has 0 aromatic carbocycles. The van der Waals surface area contributed by atoms with E-state index in [1.165, 1.54) is 0 Å². The Morgan fingerprint density at radius 2 is 1.62 bits per heavy atom. The predicted molar refractivity (Wildman–Crippen MR) is 53.5 cm³/mol. The van der Waals surface area contributed by atoms with Gasteiger partial charge in [-0.05, 0) is 19.3 Å². The molecule has 0 bridgehead atoms. The molecule has 0 fully saturated rings. The van der Waals surface area contributed by atoms with Crippen molar-refractivity contribution in [3.8, 4) is 0 Å². The molecule has 0 heterocycles. The molecule has 76 valence electrons. The summed E-state index contributed by atoms with van der Waals surface area (Å²) in [5.41, 5.74) is 0. The van der Waals surface area contributed by atoms with Crippen LogP contribution in [-0.4, -0.2) is 11.6 Å². The Kier molecular flexibility index (Phi) is 5.60. The molecule has 0 aliphatic rings. The summed E-state index contributed by atoms with van der Waals surface area (Å²) >= 11 is 0. The lowest BCUT2D eigenvalue weighted by molar-refractivity contribution is -0.123. The third-order valence-corrected chi connectivity index (χ3v) is 2.46. The molecule has 0 saturated carbocycles. The van der Waals surface area contributed by atoms with Crippen LogP contribution in [0.3, 0.4) is 0 Å². The van der Waals surface area contributed by atoms with Crippen LogP contribution in [0, 0.1) is 11.8 Å². The van der Waals surface area contributed by atoms with Crippen molar-refractivity contribution in [2.75, 3.05) is 0 Å². The first-order valence-corrected chi connectivity index (χ1v) is 4.97. The van der Waals surface area contributed by atoms with E-state index in [2.05, 4.69) is 0 Å². The predicted octanol–water partition coefficient (Wildman–Crippen LogP) is 2.61. The van der Waals surface area contributed by atoms with Gasteiger partial charge in [0.25, 0.3) is 0 Å². The zero-order valence-corrected chi connectivity index (χ0v) is 9.09. The van der Waals surface area contributed by atoms with E-state index in [4.69, 9.17) is 0 Å². The van der Waals surface area contributed by atoms with E-state index in [9.17, 15) is 9.59 Å². The number of Topliss-reactive ketones (excluding diaryl/α,β-unsaturated/α-hetero) is 2. The fraction of sp³-hybridized carbons (Fsp3) is 0.818. The SMILES string of the molecule is CC(=O)CCCC(=O)C(C)C(C)C. The second kappa shape index (κ2) is 5.90. The van der Waals surface area contributed by atoms with Crippen LogP contribution in [0.1, 0.15) is 47.0 Å². The molecule has 1 unspecified atom stereocenters. The van der Waals surface area contributed by atoms with Gasteiger partial charge in [0.2, 0.25) is 0 Å². The van der Waals surface area contributed by atoms with Crippen molar-refractivity contribution in [1.82, 2.24) is 0 Å². The molecule has 0 aromatic heterocycles. The van der Waals surface area contributed by atoms with Gasteiger partial charge < -0.3 is 4.79 Å². The van der Waals surface area contributed by atoms with Crippen LogP contribution >= 0.6 is 0 Å². The van der Waals surface area contributed by atoms with E-state index in [1.54, 1.807) is 6.92 Å². The average molecular weight is 184 g/mol. The number of ketones is 2. The van der Waals surface area contributed by atoms with Crippen molar-refractivity contribution >= 4 is 11.6 Å². The Balaban J connectivity index is 3.68. The van der Waals surface area contributed by atoms with Gasteiger partial charge >= 0.3 is 0 Å². The fourth-order valence-corrected chi connectivity index (χ4v) is 1.11. The quantitative estimate of drug-likeness (QED) is 0.636. The maximum Gasteiger partial charge on any atom is 0.135 e. The van der Waals surface area contributed by atoms with Gasteiger partial charge in [-0.1, -0.05) is 20.8 Å². The van der Waals surface area contributed by atoms with Gasteiger partial charge in [-0.25, -0.2) is 0 Å². The van der Waals surface area contributed by atoms with Crippen LogP contribution in [0.2, 0.25) is 0 Å². The van der Waals surface area contributed by atoms with Gasteiger partial charge in [0.1, 0.15) is 11.6 Å². The molecular formula is C11H20O2. The second-order valence-corrected chi connectivity index (χ2v) is 4.05. The molecular weight excluding hydrogens is 164 g/mol. The number of rotatable bonds is 6. The Morgan fingerprint density at radius 3 is 2.00 bits per heavy atom. The maximum atomic E-state index is 11.5. The second-order valence-electron chi connectivity index (χ2n) is 4.05. The fourth-order valence-electron chi connectivity index (χ4n) is 1.11. The van der Waals surface area contributed by atoms with Crippen molar-refractivity contribution in [3.63, 3.8) is 0 Å². The molecule has 13 heavy (non-hydrogen) atoms. The van der Waals surface area contributed by atoms with Crippen LogP contribution in [0.4, 0.5) is 0 Å². The lowest BCUT2D eigenvalue weighted by Crippen LogP contribution is -2.16.